The van der Waals surface area contributed by atoms with Crippen LogP contribution in [0.1, 0.15) is 53.7 Å². The third-order valence-electron chi connectivity index (χ3n) is 4.91. The first-order valence-electron chi connectivity index (χ1n) is 8.68. The number of carbonyl (C=O) groups excluding carboxylic acids is 1. The van der Waals surface area contributed by atoms with Crippen molar-refractivity contribution >= 4 is 5.91 Å². The van der Waals surface area contributed by atoms with E-state index in [4.69, 9.17) is 4.52 Å². The van der Waals surface area contributed by atoms with Crippen molar-refractivity contribution < 1.29 is 9.32 Å². The SMILES string of the molecule is Cc1cc(C)n([C@H]2CCCN(C(=O)CCc3c(C)noc3C)C2)n1. The maximum absolute atomic E-state index is 12.6. The fourth-order valence-corrected chi connectivity index (χ4v) is 3.65. The van der Waals surface area contributed by atoms with Crippen LogP contribution in [-0.4, -0.2) is 38.8 Å². The second-order valence-corrected chi connectivity index (χ2v) is 6.81. The Morgan fingerprint density at radius 1 is 1.33 bits per heavy atom. The van der Waals surface area contributed by atoms with E-state index in [1.165, 1.54) is 5.69 Å². The third kappa shape index (κ3) is 3.37. The summed E-state index contributed by atoms with van der Waals surface area (Å²) in [5, 5.41) is 8.55. The van der Waals surface area contributed by atoms with Gasteiger partial charge in [-0.2, -0.15) is 5.10 Å². The molecule has 0 aliphatic carbocycles. The Labute approximate surface area is 142 Å². The summed E-state index contributed by atoms with van der Waals surface area (Å²) >= 11 is 0. The summed E-state index contributed by atoms with van der Waals surface area (Å²) in [5.74, 6) is 1.03. The van der Waals surface area contributed by atoms with Crippen LogP contribution in [0.15, 0.2) is 10.6 Å². The number of hydrogen-bond donors (Lipinski definition) is 0. The van der Waals surface area contributed by atoms with Crippen LogP contribution >= 0.6 is 0 Å². The summed E-state index contributed by atoms with van der Waals surface area (Å²) in [7, 11) is 0. The van der Waals surface area contributed by atoms with E-state index < -0.39 is 0 Å². The number of carbonyl (C=O) groups is 1. The normalized spacial score (nSPS) is 18.2. The molecule has 2 aromatic heterocycles. The lowest BCUT2D eigenvalue weighted by atomic mass is 10.0. The maximum atomic E-state index is 12.6. The van der Waals surface area contributed by atoms with Gasteiger partial charge in [0.05, 0.1) is 17.4 Å². The largest absolute Gasteiger partial charge is 0.361 e. The van der Waals surface area contributed by atoms with Crippen molar-refractivity contribution in [3.8, 4) is 0 Å². The molecule has 0 unspecified atom stereocenters. The Hall–Kier alpha value is -2.11. The van der Waals surface area contributed by atoms with E-state index in [1.54, 1.807) is 0 Å². The minimum atomic E-state index is 0.209. The van der Waals surface area contributed by atoms with Crippen molar-refractivity contribution in [1.29, 1.82) is 0 Å². The first kappa shape index (κ1) is 16.7. The molecular weight excluding hydrogens is 304 g/mol. The molecule has 1 aliphatic rings. The standard InChI is InChI=1S/C18H26N4O2/c1-12-10-13(2)22(19-12)16-6-5-9-21(11-16)18(23)8-7-17-14(3)20-24-15(17)4/h10,16H,5-9,11H2,1-4H3/t16-/m0/s1. The molecule has 0 aromatic carbocycles. The lowest BCUT2D eigenvalue weighted by Crippen LogP contribution is -2.41. The topological polar surface area (TPSA) is 64.2 Å². The molecule has 6 heteroatoms. The molecule has 1 atom stereocenters. The summed E-state index contributed by atoms with van der Waals surface area (Å²) in [6, 6.07) is 2.38. The van der Waals surface area contributed by atoms with Crippen molar-refractivity contribution in [2.75, 3.05) is 13.1 Å². The molecule has 130 valence electrons. The van der Waals surface area contributed by atoms with Crippen LogP contribution in [-0.2, 0) is 11.2 Å². The van der Waals surface area contributed by atoms with Crippen LogP contribution in [0.2, 0.25) is 0 Å². The van der Waals surface area contributed by atoms with Gasteiger partial charge in [-0.3, -0.25) is 9.48 Å². The lowest BCUT2D eigenvalue weighted by molar-refractivity contribution is -0.132. The highest BCUT2D eigenvalue weighted by Crippen LogP contribution is 2.24. The average Bonchev–Trinajstić information content (AvgIpc) is 3.07. The van der Waals surface area contributed by atoms with E-state index in [2.05, 4.69) is 27.9 Å². The highest BCUT2D eigenvalue weighted by molar-refractivity contribution is 5.76. The molecule has 0 spiro atoms. The van der Waals surface area contributed by atoms with E-state index in [0.29, 0.717) is 12.8 Å². The molecule has 0 radical (unpaired) electrons. The first-order chi connectivity index (χ1) is 11.5. The smallest absolute Gasteiger partial charge is 0.222 e. The van der Waals surface area contributed by atoms with Gasteiger partial charge in [-0.1, -0.05) is 5.16 Å². The molecular formula is C18H26N4O2. The third-order valence-corrected chi connectivity index (χ3v) is 4.91. The van der Waals surface area contributed by atoms with Gasteiger partial charge >= 0.3 is 0 Å². The second-order valence-electron chi connectivity index (χ2n) is 6.81. The molecule has 1 aliphatic heterocycles. The van der Waals surface area contributed by atoms with Gasteiger partial charge in [0.2, 0.25) is 5.91 Å². The van der Waals surface area contributed by atoms with E-state index in [-0.39, 0.29) is 11.9 Å². The average molecular weight is 330 g/mol. The first-order valence-corrected chi connectivity index (χ1v) is 8.68. The molecule has 0 bridgehead atoms. The summed E-state index contributed by atoms with van der Waals surface area (Å²) in [4.78, 5) is 14.6. The van der Waals surface area contributed by atoms with Gasteiger partial charge < -0.3 is 9.42 Å². The van der Waals surface area contributed by atoms with E-state index in [9.17, 15) is 4.79 Å². The summed E-state index contributed by atoms with van der Waals surface area (Å²) in [6.45, 7) is 9.52. The maximum Gasteiger partial charge on any atom is 0.222 e. The zero-order valence-electron chi connectivity index (χ0n) is 15.0. The van der Waals surface area contributed by atoms with Crippen LogP contribution in [0.3, 0.4) is 0 Å². The van der Waals surface area contributed by atoms with Crippen LogP contribution in [0, 0.1) is 27.7 Å². The lowest BCUT2D eigenvalue weighted by Gasteiger charge is -2.33. The zero-order chi connectivity index (χ0) is 17.3. The quantitative estimate of drug-likeness (QED) is 0.864. The van der Waals surface area contributed by atoms with Gasteiger partial charge in [-0.25, -0.2) is 0 Å². The minimum Gasteiger partial charge on any atom is -0.361 e. The second kappa shape index (κ2) is 6.79. The van der Waals surface area contributed by atoms with Crippen molar-refractivity contribution in [2.45, 2.75) is 59.4 Å². The van der Waals surface area contributed by atoms with Crippen molar-refractivity contribution in [3.63, 3.8) is 0 Å². The molecule has 3 rings (SSSR count). The minimum absolute atomic E-state index is 0.209. The van der Waals surface area contributed by atoms with Crippen LogP contribution in [0.5, 0.6) is 0 Å². The van der Waals surface area contributed by atoms with Gasteiger partial charge in [-0.05, 0) is 53.0 Å². The Morgan fingerprint density at radius 3 is 2.75 bits per heavy atom. The number of hydrogen-bond acceptors (Lipinski definition) is 4. The number of amides is 1. The number of aromatic nitrogens is 3. The highest BCUT2D eigenvalue weighted by atomic mass is 16.5. The highest BCUT2D eigenvalue weighted by Gasteiger charge is 2.26. The Morgan fingerprint density at radius 2 is 2.12 bits per heavy atom. The number of aryl methyl sites for hydroxylation is 4. The number of likely N-dealkylation sites (tertiary alicyclic amines) is 1. The molecule has 1 saturated heterocycles. The zero-order valence-corrected chi connectivity index (χ0v) is 15.0. The van der Waals surface area contributed by atoms with Crippen LogP contribution in [0.4, 0.5) is 0 Å². The summed E-state index contributed by atoms with van der Waals surface area (Å²) < 4.78 is 7.26. The molecule has 1 amide bonds. The van der Waals surface area contributed by atoms with Gasteiger partial charge in [-0.15, -0.1) is 0 Å². The predicted octanol–water partition coefficient (Wildman–Crippen LogP) is 2.90. The number of piperidine rings is 1. The Bertz CT molecular complexity index is 712. The van der Waals surface area contributed by atoms with Crippen molar-refractivity contribution in [1.82, 2.24) is 19.8 Å². The summed E-state index contributed by atoms with van der Waals surface area (Å²) in [6.07, 6.45) is 3.31. The van der Waals surface area contributed by atoms with Crippen LogP contribution in [0.25, 0.3) is 0 Å². The molecule has 3 heterocycles. The Balaban J connectivity index is 1.62. The molecule has 0 N–H and O–H groups in total. The van der Waals surface area contributed by atoms with Gasteiger partial charge in [0, 0.05) is 30.8 Å². The molecule has 24 heavy (non-hydrogen) atoms. The number of rotatable bonds is 4. The van der Waals surface area contributed by atoms with Crippen molar-refractivity contribution in [3.05, 3.63) is 34.5 Å². The monoisotopic (exact) mass is 330 g/mol. The van der Waals surface area contributed by atoms with Gasteiger partial charge in [0.1, 0.15) is 5.76 Å². The molecule has 1 fully saturated rings. The summed E-state index contributed by atoms with van der Waals surface area (Å²) in [5.41, 5.74) is 4.16. The van der Waals surface area contributed by atoms with E-state index in [1.807, 2.05) is 25.7 Å². The van der Waals surface area contributed by atoms with E-state index >= 15 is 0 Å². The molecule has 6 nitrogen and oxygen atoms in total. The van der Waals surface area contributed by atoms with Crippen molar-refractivity contribution in [2.24, 2.45) is 0 Å². The van der Waals surface area contributed by atoms with Gasteiger partial charge in [0.25, 0.3) is 0 Å². The molecule has 2 aromatic rings. The van der Waals surface area contributed by atoms with Crippen LogP contribution < -0.4 is 0 Å². The number of nitrogens with zero attached hydrogens (tertiary/aromatic N) is 4. The predicted molar refractivity (Wildman–Crippen MR) is 90.9 cm³/mol. The van der Waals surface area contributed by atoms with Gasteiger partial charge in [0.15, 0.2) is 0 Å². The fraction of sp³-hybridized carbons (Fsp3) is 0.611. The Kier molecular flexibility index (Phi) is 4.73. The fourth-order valence-electron chi connectivity index (χ4n) is 3.65. The molecule has 0 saturated carbocycles. The van der Waals surface area contributed by atoms with E-state index in [0.717, 1.165) is 48.6 Å².